The number of nitrogens with one attached hydrogen (secondary N) is 1. The summed E-state index contributed by atoms with van der Waals surface area (Å²) in [5.41, 5.74) is 6.07. The molecule has 106 valence electrons. The number of hydrogen-bond donors (Lipinski definition) is 2. The van der Waals surface area contributed by atoms with E-state index in [-0.39, 0.29) is 17.5 Å². The Kier molecular flexibility index (Phi) is 6.69. The van der Waals surface area contributed by atoms with Crippen LogP contribution in [0.2, 0.25) is 0 Å². The molecule has 0 aromatic rings. The Hall–Kier alpha value is -0.570. The molecule has 3 nitrogen and oxygen atoms in total. The van der Waals surface area contributed by atoms with E-state index >= 15 is 0 Å². The summed E-state index contributed by atoms with van der Waals surface area (Å²) in [6.07, 6.45) is 10.9. The summed E-state index contributed by atoms with van der Waals surface area (Å²) in [5.74, 6) is 0.142. The summed E-state index contributed by atoms with van der Waals surface area (Å²) in [7, 11) is 0. The molecule has 0 heterocycles. The molecule has 1 aliphatic rings. The van der Waals surface area contributed by atoms with Gasteiger partial charge >= 0.3 is 0 Å². The van der Waals surface area contributed by atoms with Gasteiger partial charge in [-0.05, 0) is 26.2 Å². The second kappa shape index (κ2) is 7.78. The molecular formula is C15H30N2O. The first-order valence-corrected chi connectivity index (χ1v) is 7.64. The minimum Gasteiger partial charge on any atom is -0.354 e. The molecule has 1 amide bonds. The first-order valence-electron chi connectivity index (χ1n) is 7.64. The molecule has 0 bridgehead atoms. The molecule has 1 unspecified atom stereocenters. The van der Waals surface area contributed by atoms with Crippen molar-refractivity contribution in [1.29, 1.82) is 0 Å². The molecule has 1 fully saturated rings. The van der Waals surface area contributed by atoms with E-state index < -0.39 is 0 Å². The van der Waals surface area contributed by atoms with E-state index in [1.165, 1.54) is 38.5 Å². The highest BCUT2D eigenvalue weighted by molar-refractivity contribution is 5.77. The van der Waals surface area contributed by atoms with Gasteiger partial charge in [0.05, 0.1) is 0 Å². The Bertz CT molecular complexity index is 247. The predicted octanol–water partition coefficient (Wildman–Crippen LogP) is 3.12. The van der Waals surface area contributed by atoms with Gasteiger partial charge in [-0.3, -0.25) is 4.79 Å². The first-order chi connectivity index (χ1) is 8.56. The number of nitrogens with two attached hydrogens (primary N) is 1. The summed E-state index contributed by atoms with van der Waals surface area (Å²) in [4.78, 5) is 12.0. The fraction of sp³-hybridized carbons (Fsp3) is 0.933. The molecule has 0 aliphatic heterocycles. The van der Waals surface area contributed by atoms with E-state index in [9.17, 15) is 4.79 Å². The maximum absolute atomic E-state index is 12.0. The van der Waals surface area contributed by atoms with Crippen molar-refractivity contribution in [1.82, 2.24) is 5.32 Å². The van der Waals surface area contributed by atoms with Crippen LogP contribution < -0.4 is 11.1 Å². The molecule has 0 radical (unpaired) electrons. The zero-order valence-electron chi connectivity index (χ0n) is 12.1. The highest BCUT2D eigenvalue weighted by atomic mass is 16.1. The van der Waals surface area contributed by atoms with E-state index in [4.69, 9.17) is 5.73 Å². The Morgan fingerprint density at radius 3 is 2.56 bits per heavy atom. The number of carbonyl (C=O) groups is 1. The van der Waals surface area contributed by atoms with Crippen molar-refractivity contribution in [3.8, 4) is 0 Å². The van der Waals surface area contributed by atoms with Crippen LogP contribution in [0.25, 0.3) is 0 Å². The Balaban J connectivity index is 2.23. The van der Waals surface area contributed by atoms with Crippen LogP contribution in [-0.4, -0.2) is 17.5 Å². The van der Waals surface area contributed by atoms with Gasteiger partial charge in [0.2, 0.25) is 5.91 Å². The van der Waals surface area contributed by atoms with Gasteiger partial charge in [0.25, 0.3) is 0 Å². The van der Waals surface area contributed by atoms with Crippen LogP contribution in [0.1, 0.15) is 78.1 Å². The fourth-order valence-corrected chi connectivity index (χ4v) is 2.85. The molecule has 0 spiro atoms. The van der Waals surface area contributed by atoms with Crippen molar-refractivity contribution < 1.29 is 4.79 Å². The predicted molar refractivity (Wildman–Crippen MR) is 76.4 cm³/mol. The lowest BCUT2D eigenvalue weighted by Gasteiger charge is -2.33. The molecule has 0 saturated heterocycles. The van der Waals surface area contributed by atoms with Crippen molar-refractivity contribution in [3.05, 3.63) is 0 Å². The number of hydrogen-bond acceptors (Lipinski definition) is 2. The second-order valence-corrected chi connectivity index (χ2v) is 6.06. The minimum atomic E-state index is -0.231. The van der Waals surface area contributed by atoms with Crippen molar-refractivity contribution in [2.75, 3.05) is 0 Å². The van der Waals surface area contributed by atoms with Crippen molar-refractivity contribution in [2.45, 2.75) is 89.6 Å². The molecule has 3 heteroatoms. The van der Waals surface area contributed by atoms with Crippen LogP contribution in [0.4, 0.5) is 0 Å². The number of unbranched alkanes of at least 4 members (excludes halogenated alkanes) is 2. The molecule has 1 rings (SSSR count). The van der Waals surface area contributed by atoms with E-state index in [2.05, 4.69) is 19.2 Å². The summed E-state index contributed by atoms with van der Waals surface area (Å²) in [5, 5.41) is 3.09. The van der Waals surface area contributed by atoms with Crippen LogP contribution in [-0.2, 0) is 4.79 Å². The standard InChI is InChI=1S/C15H30N2O/c1-3-4-6-9-13(2)17-14(18)12-15(16)10-7-5-8-11-15/h13H,3-12,16H2,1-2H3,(H,17,18). The van der Waals surface area contributed by atoms with Gasteiger partial charge < -0.3 is 11.1 Å². The summed E-state index contributed by atoms with van der Waals surface area (Å²) < 4.78 is 0. The van der Waals surface area contributed by atoms with Gasteiger partial charge in [0.15, 0.2) is 0 Å². The van der Waals surface area contributed by atoms with Crippen LogP contribution >= 0.6 is 0 Å². The third kappa shape index (κ3) is 5.85. The average Bonchev–Trinajstić information content (AvgIpc) is 2.29. The van der Waals surface area contributed by atoms with Crippen LogP contribution in [0, 0.1) is 0 Å². The Labute approximate surface area is 112 Å². The van der Waals surface area contributed by atoms with E-state index in [1.54, 1.807) is 0 Å². The monoisotopic (exact) mass is 254 g/mol. The smallest absolute Gasteiger partial charge is 0.222 e. The Morgan fingerprint density at radius 2 is 1.94 bits per heavy atom. The highest BCUT2D eigenvalue weighted by Crippen LogP contribution is 2.28. The zero-order chi connectivity index (χ0) is 13.4. The number of carbonyl (C=O) groups excluding carboxylic acids is 1. The SMILES string of the molecule is CCCCCC(C)NC(=O)CC1(N)CCCCC1. The van der Waals surface area contributed by atoms with Gasteiger partial charge in [-0.2, -0.15) is 0 Å². The topological polar surface area (TPSA) is 55.1 Å². The summed E-state index contributed by atoms with van der Waals surface area (Å²) in [6, 6.07) is 0.288. The normalized spacial score (nSPS) is 20.4. The molecule has 1 saturated carbocycles. The fourth-order valence-electron chi connectivity index (χ4n) is 2.85. The maximum atomic E-state index is 12.0. The zero-order valence-corrected chi connectivity index (χ0v) is 12.1. The van der Waals surface area contributed by atoms with Crippen molar-refractivity contribution >= 4 is 5.91 Å². The van der Waals surface area contributed by atoms with Gasteiger partial charge in [0, 0.05) is 18.0 Å². The average molecular weight is 254 g/mol. The summed E-state index contributed by atoms with van der Waals surface area (Å²) in [6.45, 7) is 4.29. The molecule has 0 aromatic heterocycles. The van der Waals surface area contributed by atoms with E-state index in [0.29, 0.717) is 6.42 Å². The molecular weight excluding hydrogens is 224 g/mol. The Morgan fingerprint density at radius 1 is 1.28 bits per heavy atom. The van der Waals surface area contributed by atoms with E-state index in [0.717, 1.165) is 19.3 Å². The lowest BCUT2D eigenvalue weighted by molar-refractivity contribution is -0.123. The largest absolute Gasteiger partial charge is 0.354 e. The maximum Gasteiger partial charge on any atom is 0.222 e. The minimum absolute atomic E-state index is 0.142. The quantitative estimate of drug-likeness (QED) is 0.686. The third-order valence-corrected chi connectivity index (χ3v) is 4.01. The number of rotatable bonds is 7. The molecule has 18 heavy (non-hydrogen) atoms. The lowest BCUT2D eigenvalue weighted by atomic mass is 9.80. The second-order valence-electron chi connectivity index (χ2n) is 6.06. The summed E-state index contributed by atoms with van der Waals surface area (Å²) >= 11 is 0. The van der Waals surface area contributed by atoms with Gasteiger partial charge in [0.1, 0.15) is 0 Å². The van der Waals surface area contributed by atoms with Crippen LogP contribution in [0.15, 0.2) is 0 Å². The van der Waals surface area contributed by atoms with E-state index in [1.807, 2.05) is 0 Å². The molecule has 3 N–H and O–H groups in total. The first kappa shape index (κ1) is 15.5. The lowest BCUT2D eigenvalue weighted by Crippen LogP contribution is -2.47. The van der Waals surface area contributed by atoms with Crippen LogP contribution in [0.5, 0.6) is 0 Å². The highest BCUT2D eigenvalue weighted by Gasteiger charge is 2.30. The van der Waals surface area contributed by atoms with Crippen molar-refractivity contribution in [3.63, 3.8) is 0 Å². The van der Waals surface area contributed by atoms with Crippen LogP contribution in [0.3, 0.4) is 0 Å². The van der Waals surface area contributed by atoms with Gasteiger partial charge in [-0.1, -0.05) is 45.4 Å². The van der Waals surface area contributed by atoms with Crippen molar-refractivity contribution in [2.24, 2.45) is 5.73 Å². The number of amides is 1. The third-order valence-electron chi connectivity index (χ3n) is 4.01. The molecule has 1 atom stereocenters. The van der Waals surface area contributed by atoms with Gasteiger partial charge in [-0.25, -0.2) is 0 Å². The van der Waals surface area contributed by atoms with Gasteiger partial charge in [-0.15, -0.1) is 0 Å². The molecule has 0 aromatic carbocycles. The molecule has 1 aliphatic carbocycles.